The van der Waals surface area contributed by atoms with Crippen molar-refractivity contribution in [2.75, 3.05) is 0 Å². The van der Waals surface area contributed by atoms with Gasteiger partial charge in [0, 0.05) is 49.4 Å². The van der Waals surface area contributed by atoms with E-state index in [4.69, 9.17) is 14.4 Å². The van der Waals surface area contributed by atoms with Gasteiger partial charge in [-0.1, -0.05) is 127 Å². The van der Waals surface area contributed by atoms with Gasteiger partial charge >= 0.3 is 0 Å². The molecule has 5 nitrogen and oxygen atoms in total. The van der Waals surface area contributed by atoms with E-state index >= 15 is 0 Å². The van der Waals surface area contributed by atoms with Crippen molar-refractivity contribution in [3.63, 3.8) is 0 Å². The average Bonchev–Trinajstić information content (AvgIpc) is 3.93. The summed E-state index contributed by atoms with van der Waals surface area (Å²) in [5, 5.41) is 6.62. The molecule has 5 heteroatoms. The Bertz CT molecular complexity index is 3490. The largest absolute Gasteiger partial charge is 0.438 e. The number of hydrogen-bond donors (Lipinski definition) is 0. The topological polar surface area (TPSA) is 48.8 Å². The van der Waals surface area contributed by atoms with Crippen LogP contribution in [0.1, 0.15) is 0 Å². The monoisotopic (exact) mass is 728 g/mol. The first-order valence-electron chi connectivity index (χ1n) is 19.2. The van der Waals surface area contributed by atoms with Crippen LogP contribution in [-0.2, 0) is 0 Å². The van der Waals surface area contributed by atoms with Crippen LogP contribution in [0.5, 0.6) is 0 Å². The Morgan fingerprint density at radius 3 is 1.51 bits per heavy atom. The lowest BCUT2D eigenvalue weighted by atomic mass is 10.00. The lowest BCUT2D eigenvalue weighted by molar-refractivity contribution is 0.654. The Labute approximate surface area is 327 Å². The maximum Gasteiger partial charge on any atom is 0.231 e. The molecule has 12 rings (SSSR count). The minimum Gasteiger partial charge on any atom is -0.438 e. The standard InChI is InChI=1S/C52H32N4O/c1-5-15-33(16-6-1)50-49-43-31-47-42(32-48(43)57-52(49)54-51(53-50)34-17-7-2-8-18-34)41-30-36(26-28-46(41)56(47)38-21-11-4-12-22-38)35-25-27-45-40(29-35)39-23-13-14-24-44(39)55(45)37-19-9-3-10-20-37/h1-32H. The summed E-state index contributed by atoms with van der Waals surface area (Å²) in [7, 11) is 0. The van der Waals surface area contributed by atoms with E-state index in [2.05, 4.69) is 167 Å². The van der Waals surface area contributed by atoms with Gasteiger partial charge in [0.25, 0.3) is 0 Å². The Morgan fingerprint density at radius 2 is 0.860 bits per heavy atom. The number of benzene rings is 8. The van der Waals surface area contributed by atoms with Crippen molar-refractivity contribution in [3.05, 3.63) is 194 Å². The molecule has 0 radical (unpaired) electrons. The van der Waals surface area contributed by atoms with Crippen LogP contribution in [-0.4, -0.2) is 19.1 Å². The maximum atomic E-state index is 6.73. The van der Waals surface area contributed by atoms with Crippen LogP contribution in [0.25, 0.3) is 111 Å². The molecule has 0 aliphatic heterocycles. The van der Waals surface area contributed by atoms with Gasteiger partial charge in [0.1, 0.15) is 5.58 Å². The second-order valence-corrected chi connectivity index (χ2v) is 14.6. The highest BCUT2D eigenvalue weighted by Crippen LogP contribution is 2.43. The van der Waals surface area contributed by atoms with Crippen LogP contribution < -0.4 is 0 Å². The third-order valence-corrected chi connectivity index (χ3v) is 11.3. The summed E-state index contributed by atoms with van der Waals surface area (Å²) in [6.07, 6.45) is 0. The van der Waals surface area contributed by atoms with Crippen molar-refractivity contribution in [3.8, 4) is 45.1 Å². The van der Waals surface area contributed by atoms with Gasteiger partial charge in [-0.3, -0.25) is 0 Å². The molecule has 0 fully saturated rings. The molecule has 4 heterocycles. The molecule has 0 atom stereocenters. The van der Waals surface area contributed by atoms with Crippen LogP contribution in [0, 0.1) is 0 Å². The highest BCUT2D eigenvalue weighted by Gasteiger charge is 2.22. The fourth-order valence-corrected chi connectivity index (χ4v) is 8.75. The zero-order valence-corrected chi connectivity index (χ0v) is 30.7. The summed E-state index contributed by atoms with van der Waals surface area (Å²) in [6, 6.07) is 68.6. The second-order valence-electron chi connectivity index (χ2n) is 14.6. The molecular formula is C52H32N4O. The number of para-hydroxylation sites is 3. The van der Waals surface area contributed by atoms with Crippen molar-refractivity contribution in [1.29, 1.82) is 0 Å². The normalized spacial score (nSPS) is 11.9. The molecule has 12 aromatic rings. The van der Waals surface area contributed by atoms with Gasteiger partial charge in [-0.15, -0.1) is 0 Å². The first-order chi connectivity index (χ1) is 28.3. The zero-order chi connectivity index (χ0) is 37.5. The smallest absolute Gasteiger partial charge is 0.231 e. The Hall–Kier alpha value is -7.76. The van der Waals surface area contributed by atoms with E-state index in [1.165, 1.54) is 27.4 Å². The van der Waals surface area contributed by atoms with E-state index < -0.39 is 0 Å². The molecule has 0 spiro atoms. The second kappa shape index (κ2) is 12.4. The van der Waals surface area contributed by atoms with Gasteiger partial charge in [-0.05, 0) is 77.9 Å². The van der Waals surface area contributed by atoms with Crippen LogP contribution in [0.2, 0.25) is 0 Å². The number of hydrogen-bond acceptors (Lipinski definition) is 3. The van der Waals surface area contributed by atoms with E-state index in [0.29, 0.717) is 11.5 Å². The molecule has 0 amide bonds. The van der Waals surface area contributed by atoms with Crippen LogP contribution >= 0.6 is 0 Å². The van der Waals surface area contributed by atoms with E-state index in [-0.39, 0.29) is 0 Å². The average molecular weight is 729 g/mol. The molecular weight excluding hydrogens is 697 g/mol. The molecule has 8 aromatic carbocycles. The van der Waals surface area contributed by atoms with Crippen LogP contribution in [0.4, 0.5) is 0 Å². The summed E-state index contributed by atoms with van der Waals surface area (Å²) in [5.74, 6) is 0.637. The first-order valence-corrected chi connectivity index (χ1v) is 19.2. The summed E-state index contributed by atoms with van der Waals surface area (Å²) in [4.78, 5) is 10.2. The fraction of sp³-hybridized carbons (Fsp3) is 0. The van der Waals surface area contributed by atoms with E-state index in [9.17, 15) is 0 Å². The molecule has 57 heavy (non-hydrogen) atoms. The van der Waals surface area contributed by atoms with Crippen molar-refractivity contribution < 1.29 is 4.42 Å². The molecule has 0 saturated carbocycles. The third kappa shape index (κ3) is 4.89. The van der Waals surface area contributed by atoms with E-state index in [1.54, 1.807) is 0 Å². The third-order valence-electron chi connectivity index (χ3n) is 11.3. The molecule has 0 saturated heterocycles. The molecule has 0 N–H and O–H groups in total. The van der Waals surface area contributed by atoms with Crippen LogP contribution in [0.3, 0.4) is 0 Å². The lowest BCUT2D eigenvalue weighted by Gasteiger charge is -2.09. The number of furan rings is 1. The molecule has 0 aliphatic carbocycles. The van der Waals surface area contributed by atoms with Crippen LogP contribution in [0.15, 0.2) is 199 Å². The summed E-state index contributed by atoms with van der Waals surface area (Å²) >= 11 is 0. The van der Waals surface area contributed by atoms with Crippen molar-refractivity contribution in [2.45, 2.75) is 0 Å². The predicted octanol–water partition coefficient (Wildman–Crippen LogP) is 13.6. The summed E-state index contributed by atoms with van der Waals surface area (Å²) < 4.78 is 11.5. The Kier molecular flexibility index (Phi) is 6.86. The number of rotatable bonds is 5. The zero-order valence-electron chi connectivity index (χ0n) is 30.7. The number of nitrogens with zero attached hydrogens (tertiary/aromatic N) is 4. The summed E-state index contributed by atoms with van der Waals surface area (Å²) in [6.45, 7) is 0. The Morgan fingerprint density at radius 1 is 0.351 bits per heavy atom. The number of aromatic nitrogens is 4. The van der Waals surface area contributed by atoms with Crippen molar-refractivity contribution in [1.82, 2.24) is 19.1 Å². The van der Waals surface area contributed by atoms with E-state index in [1.807, 2.05) is 36.4 Å². The van der Waals surface area contributed by atoms with E-state index in [0.717, 1.165) is 71.9 Å². The Balaban J connectivity index is 1.11. The van der Waals surface area contributed by atoms with Gasteiger partial charge in [0.2, 0.25) is 5.71 Å². The first kappa shape index (κ1) is 31.6. The molecule has 0 aliphatic rings. The highest BCUT2D eigenvalue weighted by atomic mass is 16.3. The van der Waals surface area contributed by atoms with Gasteiger partial charge in [-0.2, -0.15) is 4.98 Å². The molecule has 0 unspecified atom stereocenters. The fourth-order valence-electron chi connectivity index (χ4n) is 8.75. The summed E-state index contributed by atoms with van der Waals surface area (Å²) in [5.41, 5.74) is 13.3. The maximum absolute atomic E-state index is 6.73. The molecule has 0 bridgehead atoms. The minimum absolute atomic E-state index is 0.574. The van der Waals surface area contributed by atoms with Gasteiger partial charge in [0.05, 0.1) is 33.1 Å². The van der Waals surface area contributed by atoms with Crippen molar-refractivity contribution >= 4 is 65.7 Å². The highest BCUT2D eigenvalue weighted by molar-refractivity contribution is 6.19. The van der Waals surface area contributed by atoms with Gasteiger partial charge < -0.3 is 13.6 Å². The minimum atomic E-state index is 0.574. The van der Waals surface area contributed by atoms with Crippen molar-refractivity contribution in [2.24, 2.45) is 0 Å². The molecule has 4 aromatic heterocycles. The van der Waals surface area contributed by atoms with Gasteiger partial charge in [0.15, 0.2) is 5.82 Å². The quantitative estimate of drug-likeness (QED) is 0.177. The van der Waals surface area contributed by atoms with Gasteiger partial charge in [-0.25, -0.2) is 4.98 Å². The predicted molar refractivity (Wildman–Crippen MR) is 234 cm³/mol. The molecule has 266 valence electrons. The SMILES string of the molecule is c1ccc(-c2nc(-c3ccccc3)c3c(n2)oc2cc4c5cc(-c6ccc7c(c6)c6ccccc6n7-c6ccccc6)ccc5n(-c5ccccc5)c4cc23)cc1. The number of fused-ring (bicyclic) bond motifs is 9. The lowest BCUT2D eigenvalue weighted by Crippen LogP contribution is -1.94.